The van der Waals surface area contributed by atoms with Crippen molar-refractivity contribution in [2.45, 2.75) is 58.7 Å². The van der Waals surface area contributed by atoms with Crippen LogP contribution in [0.3, 0.4) is 0 Å². The lowest BCUT2D eigenvalue weighted by Crippen LogP contribution is -2.38. The first-order valence-corrected chi connectivity index (χ1v) is 13.3. The Bertz CT molecular complexity index is 1360. The molecule has 0 spiro atoms. The number of aromatic carboxylic acids is 1. The Kier molecular flexibility index (Phi) is 10.5. The molecule has 4 aromatic carbocycles. The number of fused-ring (bicyclic) bond motifs is 1. The molecule has 0 aliphatic carbocycles. The van der Waals surface area contributed by atoms with Gasteiger partial charge in [-0.25, -0.2) is 4.79 Å². The minimum atomic E-state index is -1.12. The van der Waals surface area contributed by atoms with Crippen LogP contribution < -0.4 is 0 Å². The van der Waals surface area contributed by atoms with Crippen LogP contribution in [-0.4, -0.2) is 49.9 Å². The SMILES string of the molecule is CC(C)N(CC[C@H](c1ccccc1)c1cc(CO)ccc1O)C(C)C.O=C(O)c1ccc2ccccc2c1O. The van der Waals surface area contributed by atoms with Crippen molar-refractivity contribution in [2.75, 3.05) is 6.54 Å². The van der Waals surface area contributed by atoms with E-state index in [0.717, 1.165) is 29.5 Å². The number of carboxylic acids is 1. The number of phenols is 2. The topological polar surface area (TPSA) is 101 Å². The van der Waals surface area contributed by atoms with Crippen molar-refractivity contribution in [2.24, 2.45) is 0 Å². The van der Waals surface area contributed by atoms with Crippen LogP contribution in [-0.2, 0) is 6.61 Å². The van der Waals surface area contributed by atoms with E-state index in [1.807, 2.05) is 36.4 Å². The van der Waals surface area contributed by atoms with Gasteiger partial charge in [0.05, 0.1) is 6.61 Å². The Morgan fingerprint density at radius 1 is 0.821 bits per heavy atom. The summed E-state index contributed by atoms with van der Waals surface area (Å²) >= 11 is 0. The monoisotopic (exact) mass is 529 g/mol. The highest BCUT2D eigenvalue weighted by Crippen LogP contribution is 2.35. The lowest BCUT2D eigenvalue weighted by atomic mass is 9.86. The average molecular weight is 530 g/mol. The van der Waals surface area contributed by atoms with Gasteiger partial charge in [0.2, 0.25) is 0 Å². The van der Waals surface area contributed by atoms with E-state index in [9.17, 15) is 20.1 Å². The maximum absolute atomic E-state index is 10.7. The van der Waals surface area contributed by atoms with Crippen LogP contribution >= 0.6 is 0 Å². The number of benzene rings is 4. The van der Waals surface area contributed by atoms with Crippen LogP contribution in [0.4, 0.5) is 0 Å². The molecule has 1 atom stereocenters. The molecule has 0 heterocycles. The third-order valence-electron chi connectivity index (χ3n) is 6.99. The lowest BCUT2D eigenvalue weighted by Gasteiger charge is -2.32. The molecule has 4 N–H and O–H groups in total. The Balaban J connectivity index is 0.000000252. The second-order valence-corrected chi connectivity index (χ2v) is 10.2. The molecule has 0 fully saturated rings. The van der Waals surface area contributed by atoms with E-state index >= 15 is 0 Å². The van der Waals surface area contributed by atoms with E-state index in [1.54, 1.807) is 30.3 Å². The van der Waals surface area contributed by atoms with Crippen molar-refractivity contribution >= 4 is 16.7 Å². The number of nitrogens with zero attached hydrogens (tertiary/aromatic N) is 1. The van der Waals surface area contributed by atoms with E-state index < -0.39 is 5.97 Å². The Morgan fingerprint density at radius 3 is 2.08 bits per heavy atom. The average Bonchev–Trinajstić information content (AvgIpc) is 2.92. The molecular weight excluding hydrogens is 490 g/mol. The Labute approximate surface area is 230 Å². The molecule has 4 aromatic rings. The number of hydrogen-bond acceptors (Lipinski definition) is 5. The molecule has 0 aromatic heterocycles. The Hall–Kier alpha value is -3.87. The minimum Gasteiger partial charge on any atom is -0.508 e. The van der Waals surface area contributed by atoms with Gasteiger partial charge in [0.25, 0.3) is 0 Å². The van der Waals surface area contributed by atoms with Crippen LogP contribution in [0.5, 0.6) is 11.5 Å². The summed E-state index contributed by atoms with van der Waals surface area (Å²) in [5.74, 6) is -0.886. The van der Waals surface area contributed by atoms with Gasteiger partial charge in [0, 0.05) is 29.0 Å². The smallest absolute Gasteiger partial charge is 0.339 e. The Morgan fingerprint density at radius 2 is 1.46 bits per heavy atom. The quantitative estimate of drug-likeness (QED) is 0.191. The summed E-state index contributed by atoms with van der Waals surface area (Å²) in [7, 11) is 0. The molecule has 206 valence electrons. The largest absolute Gasteiger partial charge is 0.508 e. The van der Waals surface area contributed by atoms with Gasteiger partial charge in [-0.15, -0.1) is 0 Å². The summed E-state index contributed by atoms with van der Waals surface area (Å²) in [5, 5.41) is 39.7. The fourth-order valence-electron chi connectivity index (χ4n) is 4.99. The van der Waals surface area contributed by atoms with E-state index in [0.29, 0.717) is 23.2 Å². The molecule has 6 heteroatoms. The van der Waals surface area contributed by atoms with Crippen LogP contribution in [0.2, 0.25) is 0 Å². The lowest BCUT2D eigenvalue weighted by molar-refractivity contribution is 0.0694. The third-order valence-corrected chi connectivity index (χ3v) is 6.99. The summed E-state index contributed by atoms with van der Waals surface area (Å²) < 4.78 is 0. The van der Waals surface area contributed by atoms with Crippen LogP contribution in [0, 0.1) is 0 Å². The number of carboxylic acid groups (broad SMARTS) is 1. The predicted octanol–water partition coefficient (Wildman–Crippen LogP) is 6.77. The standard InChI is InChI=1S/C22H31NO2.C11H8O3/c1-16(2)23(17(3)4)13-12-20(19-8-6-5-7-9-19)21-14-18(15-24)10-11-22(21)25;12-10-8-4-2-1-3-7(8)5-6-9(10)11(13)14/h5-11,14,16-17,20,24-25H,12-13,15H2,1-4H3;1-6,12H,(H,13,14)/t20-;/m1./s1. The molecule has 0 aliphatic heterocycles. The highest BCUT2D eigenvalue weighted by Gasteiger charge is 2.21. The van der Waals surface area contributed by atoms with Crippen molar-refractivity contribution in [1.29, 1.82) is 0 Å². The normalized spacial score (nSPS) is 12.0. The number of rotatable bonds is 9. The predicted molar refractivity (Wildman–Crippen MR) is 156 cm³/mol. The van der Waals surface area contributed by atoms with E-state index in [-0.39, 0.29) is 23.8 Å². The van der Waals surface area contributed by atoms with Crippen molar-refractivity contribution in [3.63, 3.8) is 0 Å². The molecule has 0 saturated carbocycles. The van der Waals surface area contributed by atoms with Gasteiger partial charge in [0.15, 0.2) is 0 Å². The van der Waals surface area contributed by atoms with Gasteiger partial charge in [0.1, 0.15) is 17.1 Å². The van der Waals surface area contributed by atoms with E-state index in [2.05, 4.69) is 44.7 Å². The number of phenolic OH excluding ortho intramolecular Hbond substituents is 1. The first-order chi connectivity index (χ1) is 18.6. The molecule has 6 nitrogen and oxygen atoms in total. The summed E-state index contributed by atoms with van der Waals surface area (Å²) in [5.41, 5.74) is 2.85. The van der Waals surface area contributed by atoms with Crippen LogP contribution in [0.15, 0.2) is 84.9 Å². The second-order valence-electron chi connectivity index (χ2n) is 10.2. The summed E-state index contributed by atoms with van der Waals surface area (Å²) in [4.78, 5) is 13.2. The number of aliphatic hydroxyl groups is 1. The third kappa shape index (κ3) is 7.59. The molecule has 0 radical (unpaired) electrons. The van der Waals surface area contributed by atoms with Crippen molar-refractivity contribution in [3.8, 4) is 11.5 Å². The zero-order valence-electron chi connectivity index (χ0n) is 23.1. The van der Waals surface area contributed by atoms with Crippen molar-refractivity contribution < 1.29 is 25.2 Å². The molecular formula is C33H39NO5. The number of hydrogen-bond donors (Lipinski definition) is 4. The van der Waals surface area contributed by atoms with Crippen molar-refractivity contribution in [1.82, 2.24) is 4.90 Å². The molecule has 0 unspecified atom stereocenters. The second kappa shape index (κ2) is 13.8. The summed E-state index contributed by atoms with van der Waals surface area (Å²) in [6.45, 7) is 9.84. The first-order valence-electron chi connectivity index (χ1n) is 13.3. The van der Waals surface area contributed by atoms with Crippen molar-refractivity contribution in [3.05, 3.63) is 107 Å². The molecule has 39 heavy (non-hydrogen) atoms. The van der Waals surface area contributed by atoms with Crippen LogP contribution in [0.25, 0.3) is 10.8 Å². The number of carbonyl (C=O) groups is 1. The fourth-order valence-corrected chi connectivity index (χ4v) is 4.99. The van der Waals surface area contributed by atoms with Gasteiger partial charge in [-0.05, 0) is 75.4 Å². The highest BCUT2D eigenvalue weighted by molar-refractivity contribution is 6.00. The fraction of sp³-hybridized carbons (Fsp3) is 0.303. The molecule has 0 saturated heterocycles. The highest BCUT2D eigenvalue weighted by atomic mass is 16.4. The molecule has 4 rings (SSSR count). The zero-order valence-corrected chi connectivity index (χ0v) is 23.1. The maximum atomic E-state index is 10.7. The first kappa shape index (κ1) is 29.7. The number of aliphatic hydroxyl groups excluding tert-OH is 1. The van der Waals surface area contributed by atoms with Gasteiger partial charge >= 0.3 is 5.97 Å². The molecule has 0 bridgehead atoms. The summed E-state index contributed by atoms with van der Waals surface area (Å²) in [6, 6.07) is 26.9. The molecule has 0 amide bonds. The van der Waals surface area contributed by atoms with Gasteiger partial charge < -0.3 is 20.4 Å². The maximum Gasteiger partial charge on any atom is 0.339 e. The van der Waals surface area contributed by atoms with Crippen LogP contribution in [0.1, 0.15) is 67.1 Å². The minimum absolute atomic E-state index is 0.0150. The van der Waals surface area contributed by atoms with E-state index in [4.69, 9.17) is 5.11 Å². The van der Waals surface area contributed by atoms with E-state index in [1.165, 1.54) is 11.6 Å². The number of aromatic hydroxyl groups is 2. The van der Waals surface area contributed by atoms with Gasteiger partial charge in [-0.1, -0.05) is 66.7 Å². The molecule has 0 aliphatic rings. The van der Waals surface area contributed by atoms with Gasteiger partial charge in [-0.3, -0.25) is 4.90 Å². The summed E-state index contributed by atoms with van der Waals surface area (Å²) in [6.07, 6.45) is 0.919. The zero-order chi connectivity index (χ0) is 28.5. The van der Waals surface area contributed by atoms with Gasteiger partial charge in [-0.2, -0.15) is 0 Å².